The summed E-state index contributed by atoms with van der Waals surface area (Å²) in [6.07, 6.45) is 0. The highest BCUT2D eigenvalue weighted by molar-refractivity contribution is 6.30. The first-order valence-corrected chi connectivity index (χ1v) is 4.35. The second-order valence-electron chi connectivity index (χ2n) is 3.99. The normalized spacial score (nSPS) is 11.8. The average molecular weight is 205 g/mol. The van der Waals surface area contributed by atoms with Gasteiger partial charge in [0.25, 0.3) is 0 Å². The van der Waals surface area contributed by atoms with Gasteiger partial charge in [-0.3, -0.25) is 0 Å². The molecule has 1 aromatic carbocycles. The molecular formula is C10H11ClF2. The maximum absolute atomic E-state index is 13.3. The summed E-state index contributed by atoms with van der Waals surface area (Å²) in [6, 6.07) is 2.26. The zero-order valence-electron chi connectivity index (χ0n) is 7.79. The fraction of sp³-hybridized carbons (Fsp3) is 0.400. The van der Waals surface area contributed by atoms with Crippen LogP contribution in [-0.2, 0) is 5.41 Å². The first-order chi connectivity index (χ1) is 5.82. The third kappa shape index (κ3) is 2.19. The Bertz CT molecular complexity index is 303. The summed E-state index contributed by atoms with van der Waals surface area (Å²) in [7, 11) is 0. The van der Waals surface area contributed by atoms with Crippen molar-refractivity contribution >= 4 is 11.6 Å². The van der Waals surface area contributed by atoms with Crippen molar-refractivity contribution in [2.45, 2.75) is 26.2 Å². The molecule has 0 saturated heterocycles. The van der Waals surface area contributed by atoms with Crippen LogP contribution < -0.4 is 0 Å². The molecule has 0 aromatic heterocycles. The van der Waals surface area contributed by atoms with E-state index in [1.165, 1.54) is 0 Å². The Morgan fingerprint density at radius 1 is 1.08 bits per heavy atom. The lowest BCUT2D eigenvalue weighted by Gasteiger charge is -2.20. The Morgan fingerprint density at radius 2 is 1.46 bits per heavy atom. The van der Waals surface area contributed by atoms with Crippen LogP contribution in [0.15, 0.2) is 12.1 Å². The molecular weight excluding hydrogens is 194 g/mol. The summed E-state index contributed by atoms with van der Waals surface area (Å²) in [6.45, 7) is 5.26. The van der Waals surface area contributed by atoms with Gasteiger partial charge < -0.3 is 0 Å². The first kappa shape index (κ1) is 10.5. The van der Waals surface area contributed by atoms with Crippen molar-refractivity contribution in [3.8, 4) is 0 Å². The zero-order valence-corrected chi connectivity index (χ0v) is 8.54. The maximum Gasteiger partial charge on any atom is 0.131 e. The van der Waals surface area contributed by atoms with E-state index in [1.54, 1.807) is 20.8 Å². The molecule has 0 unspecified atom stereocenters. The molecule has 3 heteroatoms. The van der Waals surface area contributed by atoms with Crippen LogP contribution in [-0.4, -0.2) is 0 Å². The van der Waals surface area contributed by atoms with E-state index in [4.69, 9.17) is 11.6 Å². The second-order valence-corrected chi connectivity index (χ2v) is 4.43. The number of benzene rings is 1. The molecule has 0 spiro atoms. The van der Waals surface area contributed by atoms with Crippen LogP contribution >= 0.6 is 11.6 Å². The molecule has 0 bridgehead atoms. The molecule has 0 saturated carbocycles. The minimum atomic E-state index is -0.586. The van der Waals surface area contributed by atoms with Gasteiger partial charge in [0.15, 0.2) is 0 Å². The zero-order chi connectivity index (χ0) is 10.2. The minimum Gasteiger partial charge on any atom is -0.207 e. The Labute approximate surface area is 81.5 Å². The smallest absolute Gasteiger partial charge is 0.131 e. The van der Waals surface area contributed by atoms with Crippen molar-refractivity contribution in [1.29, 1.82) is 0 Å². The molecule has 0 atom stereocenters. The van der Waals surface area contributed by atoms with Gasteiger partial charge in [0, 0.05) is 10.6 Å². The Hall–Kier alpha value is -0.630. The highest BCUT2D eigenvalue weighted by Crippen LogP contribution is 2.29. The molecule has 0 nitrogen and oxygen atoms in total. The number of hydrogen-bond donors (Lipinski definition) is 0. The van der Waals surface area contributed by atoms with Crippen molar-refractivity contribution in [3.63, 3.8) is 0 Å². The largest absolute Gasteiger partial charge is 0.207 e. The van der Waals surface area contributed by atoms with Crippen molar-refractivity contribution in [2.24, 2.45) is 0 Å². The summed E-state index contributed by atoms with van der Waals surface area (Å²) < 4.78 is 26.6. The van der Waals surface area contributed by atoms with Crippen molar-refractivity contribution in [3.05, 3.63) is 34.4 Å². The number of halogens is 3. The average Bonchev–Trinajstić information content (AvgIpc) is 1.78. The fourth-order valence-electron chi connectivity index (χ4n) is 1.26. The van der Waals surface area contributed by atoms with Crippen molar-refractivity contribution in [1.82, 2.24) is 0 Å². The van der Waals surface area contributed by atoms with Gasteiger partial charge in [-0.25, -0.2) is 8.78 Å². The molecule has 0 aliphatic rings. The highest BCUT2D eigenvalue weighted by atomic mass is 35.5. The first-order valence-electron chi connectivity index (χ1n) is 3.97. The molecule has 0 aliphatic heterocycles. The number of rotatable bonds is 0. The molecule has 0 fully saturated rings. The van der Waals surface area contributed by atoms with Gasteiger partial charge >= 0.3 is 0 Å². The topological polar surface area (TPSA) is 0 Å². The van der Waals surface area contributed by atoms with Gasteiger partial charge in [-0.05, 0) is 17.5 Å². The van der Waals surface area contributed by atoms with E-state index >= 15 is 0 Å². The summed E-state index contributed by atoms with van der Waals surface area (Å²) in [4.78, 5) is 0. The maximum atomic E-state index is 13.3. The van der Waals surface area contributed by atoms with Crippen LogP contribution in [0.4, 0.5) is 8.78 Å². The lowest BCUT2D eigenvalue weighted by molar-refractivity contribution is 0.476. The van der Waals surface area contributed by atoms with E-state index in [1.807, 2.05) is 0 Å². The van der Waals surface area contributed by atoms with Crippen LogP contribution in [0.3, 0.4) is 0 Å². The highest BCUT2D eigenvalue weighted by Gasteiger charge is 2.23. The Kier molecular flexibility index (Phi) is 2.62. The van der Waals surface area contributed by atoms with E-state index in [-0.39, 0.29) is 10.6 Å². The molecule has 13 heavy (non-hydrogen) atoms. The SMILES string of the molecule is CC(C)(C)c1c(F)cc(Cl)cc1F. The predicted molar refractivity (Wildman–Crippen MR) is 50.1 cm³/mol. The van der Waals surface area contributed by atoms with Gasteiger partial charge in [-0.1, -0.05) is 32.4 Å². The summed E-state index contributed by atoms with van der Waals surface area (Å²) >= 11 is 5.49. The van der Waals surface area contributed by atoms with Gasteiger partial charge in [0.05, 0.1) is 0 Å². The number of hydrogen-bond acceptors (Lipinski definition) is 0. The molecule has 1 aromatic rings. The summed E-state index contributed by atoms with van der Waals surface area (Å²) in [5, 5.41) is 0.0861. The van der Waals surface area contributed by atoms with E-state index in [0.717, 1.165) is 12.1 Å². The van der Waals surface area contributed by atoms with E-state index in [2.05, 4.69) is 0 Å². The van der Waals surface area contributed by atoms with Gasteiger partial charge in [-0.15, -0.1) is 0 Å². The van der Waals surface area contributed by atoms with Gasteiger partial charge in [-0.2, -0.15) is 0 Å². The fourth-order valence-corrected chi connectivity index (χ4v) is 1.45. The van der Waals surface area contributed by atoms with Crippen LogP contribution in [0, 0.1) is 11.6 Å². The quantitative estimate of drug-likeness (QED) is 0.601. The molecule has 1 rings (SSSR count). The van der Waals surface area contributed by atoms with E-state index < -0.39 is 17.0 Å². The van der Waals surface area contributed by atoms with Gasteiger partial charge in [0.1, 0.15) is 11.6 Å². The van der Waals surface area contributed by atoms with Crippen molar-refractivity contribution in [2.75, 3.05) is 0 Å². The Morgan fingerprint density at radius 3 is 1.77 bits per heavy atom. The second kappa shape index (κ2) is 3.26. The van der Waals surface area contributed by atoms with Crippen LogP contribution in [0.1, 0.15) is 26.3 Å². The predicted octanol–water partition coefficient (Wildman–Crippen LogP) is 3.92. The van der Waals surface area contributed by atoms with E-state index in [9.17, 15) is 8.78 Å². The molecule has 0 heterocycles. The molecule has 0 N–H and O–H groups in total. The van der Waals surface area contributed by atoms with Gasteiger partial charge in [0.2, 0.25) is 0 Å². The summed E-state index contributed by atoms with van der Waals surface area (Å²) in [5.41, 5.74) is -0.462. The molecule has 0 amide bonds. The monoisotopic (exact) mass is 204 g/mol. The van der Waals surface area contributed by atoms with Crippen LogP contribution in [0.2, 0.25) is 5.02 Å². The molecule has 0 radical (unpaired) electrons. The van der Waals surface area contributed by atoms with E-state index in [0.29, 0.717) is 0 Å². The lowest BCUT2D eigenvalue weighted by atomic mass is 9.86. The van der Waals surface area contributed by atoms with Crippen LogP contribution in [0.25, 0.3) is 0 Å². The lowest BCUT2D eigenvalue weighted by Crippen LogP contribution is -2.16. The standard InChI is InChI=1S/C10H11ClF2/c1-10(2,3)9-7(12)4-6(11)5-8(9)13/h4-5H,1-3H3. The molecule has 72 valence electrons. The Balaban J connectivity index is 3.38. The van der Waals surface area contributed by atoms with Crippen LogP contribution in [0.5, 0.6) is 0 Å². The van der Waals surface area contributed by atoms with Crippen molar-refractivity contribution < 1.29 is 8.78 Å². The third-order valence-corrected chi connectivity index (χ3v) is 1.98. The molecule has 0 aliphatic carbocycles. The third-order valence-electron chi connectivity index (χ3n) is 1.76. The minimum absolute atomic E-state index is 0.0805. The summed E-state index contributed by atoms with van der Waals surface area (Å²) in [5.74, 6) is -1.17.